The fourth-order valence-electron chi connectivity index (χ4n) is 6.32. The highest BCUT2D eigenvalue weighted by atomic mass is 17.3. The van der Waals surface area contributed by atoms with Crippen molar-refractivity contribution < 1.29 is 19.2 Å². The Hall–Kier alpha value is -0.920. The first-order valence-electron chi connectivity index (χ1n) is 10.8. The number of H-pyrrole nitrogens is 1. The maximum absolute atomic E-state index is 6.69. The largest absolute Gasteiger partial charge is 0.359 e. The molecule has 0 amide bonds. The molecule has 1 aromatic rings. The van der Waals surface area contributed by atoms with Crippen LogP contribution in [0.15, 0.2) is 12.1 Å². The second-order valence-corrected chi connectivity index (χ2v) is 10.0. The van der Waals surface area contributed by atoms with Crippen molar-refractivity contribution in [3.8, 4) is 0 Å². The average molecular weight is 391 g/mol. The van der Waals surface area contributed by atoms with Crippen LogP contribution in [0.25, 0.3) is 0 Å². The smallest absolute Gasteiger partial charge is 0.201 e. The minimum Gasteiger partial charge on any atom is -0.359 e. The molecule has 1 aliphatic carbocycles. The van der Waals surface area contributed by atoms with E-state index >= 15 is 0 Å². The van der Waals surface area contributed by atoms with Gasteiger partial charge in [-0.2, -0.15) is 0 Å². The van der Waals surface area contributed by atoms with Crippen molar-refractivity contribution in [1.82, 2.24) is 9.88 Å². The first-order chi connectivity index (χ1) is 13.3. The monoisotopic (exact) mass is 390 g/mol. The van der Waals surface area contributed by atoms with Crippen LogP contribution in [0.1, 0.15) is 63.9 Å². The van der Waals surface area contributed by atoms with Gasteiger partial charge in [0.25, 0.3) is 0 Å². The summed E-state index contributed by atoms with van der Waals surface area (Å²) in [5.74, 6) is 0.981. The molecule has 6 rings (SSSR count). The van der Waals surface area contributed by atoms with Gasteiger partial charge in [-0.05, 0) is 70.2 Å². The Labute approximate surface area is 167 Å². The van der Waals surface area contributed by atoms with E-state index in [1.165, 1.54) is 12.1 Å². The van der Waals surface area contributed by atoms with Crippen LogP contribution >= 0.6 is 0 Å². The van der Waals surface area contributed by atoms with Gasteiger partial charge in [0.15, 0.2) is 11.9 Å². The quantitative estimate of drug-likeness (QED) is 0.791. The highest BCUT2D eigenvalue weighted by Crippen LogP contribution is 2.62. The van der Waals surface area contributed by atoms with Crippen molar-refractivity contribution in [2.45, 2.75) is 76.8 Å². The van der Waals surface area contributed by atoms with Crippen molar-refractivity contribution >= 4 is 0 Å². The van der Waals surface area contributed by atoms with Gasteiger partial charge >= 0.3 is 0 Å². The lowest BCUT2D eigenvalue weighted by atomic mass is 9.57. The normalized spacial score (nSPS) is 47.8. The highest BCUT2D eigenvalue weighted by molar-refractivity contribution is 5.19. The number of fused-ring (bicyclic) bond motifs is 2. The van der Waals surface area contributed by atoms with Crippen molar-refractivity contribution in [1.29, 1.82) is 0 Å². The molecule has 4 saturated heterocycles. The summed E-state index contributed by atoms with van der Waals surface area (Å²) in [4.78, 5) is 17.9. The average Bonchev–Trinajstić information content (AvgIpc) is 2.96. The Morgan fingerprint density at radius 2 is 1.93 bits per heavy atom. The van der Waals surface area contributed by atoms with Gasteiger partial charge in [0.2, 0.25) is 5.79 Å². The fourth-order valence-corrected chi connectivity index (χ4v) is 6.32. The molecule has 1 spiro atoms. The lowest BCUT2D eigenvalue weighted by molar-refractivity contribution is -0.571. The zero-order chi connectivity index (χ0) is 19.7. The summed E-state index contributed by atoms with van der Waals surface area (Å²) in [6.07, 6.45) is 3.89. The van der Waals surface area contributed by atoms with E-state index in [1.54, 1.807) is 0 Å². The molecule has 2 bridgehead atoms. The molecular weight excluding hydrogens is 356 g/mol. The van der Waals surface area contributed by atoms with E-state index < -0.39 is 11.4 Å². The molecule has 5 heterocycles. The summed E-state index contributed by atoms with van der Waals surface area (Å²) in [5.41, 5.74) is 1.87. The van der Waals surface area contributed by atoms with E-state index in [2.05, 4.69) is 50.0 Å². The van der Waals surface area contributed by atoms with Crippen molar-refractivity contribution in [3.63, 3.8) is 0 Å². The molecule has 1 N–H and O–H groups in total. The summed E-state index contributed by atoms with van der Waals surface area (Å²) in [6.45, 7) is 7.54. The van der Waals surface area contributed by atoms with Gasteiger partial charge in [-0.1, -0.05) is 13.8 Å². The van der Waals surface area contributed by atoms with Crippen LogP contribution in [-0.4, -0.2) is 41.7 Å². The summed E-state index contributed by atoms with van der Waals surface area (Å²) in [6, 6.07) is 4.34. The standard InChI is InChI=1S/C22H34N2O4/c1-13-6-8-17-14(2)19(18-9-7-15(23-18)12-24(4)5)25-20-22(17)16(13)10-11-21(3,26-20)27-28-22/h7,9,13-14,16-17,19-20,23H,6,8,10-12H2,1-5H3/t13-,14-,16+,17+,19-,20-,21-,22-/m1/s1. The lowest BCUT2D eigenvalue weighted by Gasteiger charge is -2.60. The van der Waals surface area contributed by atoms with Gasteiger partial charge in [-0.25, -0.2) is 9.78 Å². The van der Waals surface area contributed by atoms with E-state index in [0.29, 0.717) is 23.7 Å². The zero-order valence-electron chi connectivity index (χ0n) is 17.7. The molecule has 4 aliphatic heterocycles. The molecule has 6 heteroatoms. The summed E-state index contributed by atoms with van der Waals surface area (Å²) in [7, 11) is 4.17. The van der Waals surface area contributed by atoms with E-state index in [-0.39, 0.29) is 12.4 Å². The Kier molecular flexibility index (Phi) is 4.45. The summed E-state index contributed by atoms with van der Waals surface area (Å²) in [5, 5.41) is 0. The van der Waals surface area contributed by atoms with Crippen LogP contribution in [-0.2, 0) is 25.8 Å². The Morgan fingerprint density at radius 1 is 1.11 bits per heavy atom. The molecule has 0 unspecified atom stereocenters. The van der Waals surface area contributed by atoms with E-state index in [4.69, 9.17) is 19.2 Å². The molecule has 1 aromatic heterocycles. The van der Waals surface area contributed by atoms with Crippen LogP contribution in [0, 0.1) is 23.7 Å². The van der Waals surface area contributed by atoms with Crippen LogP contribution in [0.2, 0.25) is 0 Å². The van der Waals surface area contributed by atoms with Gasteiger partial charge in [-0.3, -0.25) is 0 Å². The number of aromatic nitrogens is 1. The van der Waals surface area contributed by atoms with Crippen molar-refractivity contribution in [2.75, 3.05) is 14.1 Å². The van der Waals surface area contributed by atoms with Crippen molar-refractivity contribution in [3.05, 3.63) is 23.5 Å². The molecule has 5 aliphatic rings. The zero-order valence-corrected chi connectivity index (χ0v) is 17.7. The number of nitrogens with one attached hydrogen (secondary N) is 1. The maximum Gasteiger partial charge on any atom is 0.201 e. The number of hydrogen-bond acceptors (Lipinski definition) is 5. The molecule has 8 atom stereocenters. The fraction of sp³-hybridized carbons (Fsp3) is 0.818. The number of rotatable bonds is 3. The molecule has 156 valence electrons. The summed E-state index contributed by atoms with van der Waals surface area (Å²) < 4.78 is 13.1. The first kappa shape index (κ1) is 19.1. The molecule has 0 aromatic carbocycles. The molecule has 5 fully saturated rings. The number of nitrogens with zero attached hydrogens (tertiary/aromatic N) is 1. The Balaban J connectivity index is 1.50. The number of hydrogen-bond donors (Lipinski definition) is 1. The number of aromatic amines is 1. The van der Waals surface area contributed by atoms with Gasteiger partial charge in [0.1, 0.15) is 6.10 Å². The van der Waals surface area contributed by atoms with Crippen LogP contribution in [0.5, 0.6) is 0 Å². The second-order valence-electron chi connectivity index (χ2n) is 10.0. The molecule has 0 radical (unpaired) electrons. The Morgan fingerprint density at radius 3 is 2.71 bits per heavy atom. The first-order valence-corrected chi connectivity index (χ1v) is 10.8. The predicted octanol–water partition coefficient (Wildman–Crippen LogP) is 4.00. The minimum absolute atomic E-state index is 0.0165. The lowest BCUT2D eigenvalue weighted by Crippen LogP contribution is -2.69. The number of ether oxygens (including phenoxy) is 2. The molecular formula is C22H34N2O4. The third kappa shape index (κ3) is 2.72. The molecule has 28 heavy (non-hydrogen) atoms. The van der Waals surface area contributed by atoms with Crippen molar-refractivity contribution in [2.24, 2.45) is 23.7 Å². The van der Waals surface area contributed by atoms with Gasteiger partial charge in [0, 0.05) is 30.3 Å². The topological polar surface area (TPSA) is 56.0 Å². The second kappa shape index (κ2) is 6.54. The van der Waals surface area contributed by atoms with E-state index in [1.807, 2.05) is 6.92 Å². The third-order valence-corrected chi connectivity index (χ3v) is 7.72. The SMILES string of the molecule is C[C@H]1[C@H](c2ccc(CN(C)C)[nH]2)O[C@@H]2O[C@@]3(C)CC[C@H]4[C@H](C)CC[C@@H]1[C@@]24OO3. The highest BCUT2D eigenvalue weighted by Gasteiger charge is 2.69. The third-order valence-electron chi connectivity index (χ3n) is 7.72. The van der Waals surface area contributed by atoms with Gasteiger partial charge in [0.05, 0.1) is 0 Å². The van der Waals surface area contributed by atoms with E-state index in [0.717, 1.165) is 31.5 Å². The van der Waals surface area contributed by atoms with Crippen LogP contribution in [0.3, 0.4) is 0 Å². The van der Waals surface area contributed by atoms with Crippen LogP contribution in [0.4, 0.5) is 0 Å². The van der Waals surface area contributed by atoms with Gasteiger partial charge in [-0.15, -0.1) is 0 Å². The van der Waals surface area contributed by atoms with E-state index in [9.17, 15) is 0 Å². The predicted molar refractivity (Wildman–Crippen MR) is 104 cm³/mol. The molecule has 1 saturated carbocycles. The molecule has 6 nitrogen and oxygen atoms in total. The van der Waals surface area contributed by atoms with Crippen LogP contribution < -0.4 is 0 Å². The summed E-state index contributed by atoms with van der Waals surface area (Å²) >= 11 is 0. The maximum atomic E-state index is 6.69. The van der Waals surface area contributed by atoms with Gasteiger partial charge < -0.3 is 19.4 Å². The Bertz CT molecular complexity index is 736. The minimum atomic E-state index is -0.714.